The Morgan fingerprint density at radius 3 is 2.58 bits per heavy atom. The quantitative estimate of drug-likeness (QED) is 0.845. The van der Waals surface area contributed by atoms with Crippen molar-refractivity contribution in [2.24, 2.45) is 11.8 Å². The lowest BCUT2D eigenvalue weighted by atomic mass is 9.53. The molecule has 0 bridgehead atoms. The first-order valence-corrected chi connectivity index (χ1v) is 10.4. The summed E-state index contributed by atoms with van der Waals surface area (Å²) in [5.41, 5.74) is 1.37. The van der Waals surface area contributed by atoms with Gasteiger partial charge in [0.15, 0.2) is 0 Å². The molecule has 4 rings (SSSR count). The largest absolute Gasteiger partial charge is 0.376 e. The molecule has 5 atom stereocenters. The third kappa shape index (κ3) is 3.96. The van der Waals surface area contributed by atoms with E-state index < -0.39 is 0 Å². The van der Waals surface area contributed by atoms with Crippen LogP contribution in [0.25, 0.3) is 0 Å². The van der Waals surface area contributed by atoms with E-state index >= 15 is 0 Å². The third-order valence-electron chi connectivity index (χ3n) is 6.51. The molecule has 142 valence electrons. The molecule has 26 heavy (non-hydrogen) atoms. The molecule has 4 nitrogen and oxygen atoms in total. The van der Waals surface area contributed by atoms with E-state index in [-0.39, 0.29) is 24.7 Å². The SMILES string of the molecule is O=C(COC[C@@H]1CCCCO1)N[C@H]1[C@H]2CCCC[C@H]2[C@@H]1c1ccccc1. The van der Waals surface area contributed by atoms with Gasteiger partial charge in [0.1, 0.15) is 6.61 Å². The molecule has 0 unspecified atom stereocenters. The molecule has 4 heteroatoms. The zero-order chi connectivity index (χ0) is 17.8. The summed E-state index contributed by atoms with van der Waals surface area (Å²) in [5, 5.41) is 3.30. The first-order chi connectivity index (χ1) is 12.8. The average Bonchev–Trinajstić information content (AvgIpc) is 2.68. The van der Waals surface area contributed by atoms with Crippen LogP contribution in [0.1, 0.15) is 56.4 Å². The van der Waals surface area contributed by atoms with Gasteiger partial charge in [-0.2, -0.15) is 0 Å². The van der Waals surface area contributed by atoms with E-state index in [4.69, 9.17) is 9.47 Å². The number of benzene rings is 1. The highest BCUT2D eigenvalue weighted by Crippen LogP contribution is 2.54. The van der Waals surface area contributed by atoms with E-state index in [0.29, 0.717) is 18.4 Å². The summed E-state index contributed by atoms with van der Waals surface area (Å²) in [4.78, 5) is 12.5. The molecule has 1 N–H and O–H groups in total. The van der Waals surface area contributed by atoms with Gasteiger partial charge in [-0.15, -0.1) is 0 Å². The minimum atomic E-state index is 0.0239. The number of fused-ring (bicyclic) bond motifs is 1. The van der Waals surface area contributed by atoms with Crippen molar-refractivity contribution >= 4 is 5.91 Å². The van der Waals surface area contributed by atoms with Gasteiger partial charge < -0.3 is 14.8 Å². The van der Waals surface area contributed by atoms with Crippen molar-refractivity contribution in [1.29, 1.82) is 0 Å². The first kappa shape index (κ1) is 18.0. The van der Waals surface area contributed by atoms with Gasteiger partial charge in [0.25, 0.3) is 0 Å². The van der Waals surface area contributed by atoms with Crippen molar-refractivity contribution in [2.75, 3.05) is 19.8 Å². The van der Waals surface area contributed by atoms with Crippen molar-refractivity contribution in [3.05, 3.63) is 35.9 Å². The number of hydrogen-bond donors (Lipinski definition) is 1. The molecule has 0 radical (unpaired) electrons. The summed E-state index contributed by atoms with van der Waals surface area (Å²) in [5.74, 6) is 1.86. The van der Waals surface area contributed by atoms with E-state index in [0.717, 1.165) is 25.4 Å². The molecule has 2 saturated carbocycles. The number of rotatable bonds is 6. The van der Waals surface area contributed by atoms with Crippen LogP contribution in [0.2, 0.25) is 0 Å². The number of carbonyl (C=O) groups is 1. The Bertz CT molecular complexity index is 584. The summed E-state index contributed by atoms with van der Waals surface area (Å²) < 4.78 is 11.3. The summed E-state index contributed by atoms with van der Waals surface area (Å²) in [6.07, 6.45) is 8.72. The van der Waals surface area contributed by atoms with Gasteiger partial charge in [0, 0.05) is 18.6 Å². The number of carbonyl (C=O) groups excluding carboxylic acids is 1. The lowest BCUT2D eigenvalue weighted by Gasteiger charge is -2.55. The Morgan fingerprint density at radius 1 is 1.04 bits per heavy atom. The fraction of sp³-hybridized carbons (Fsp3) is 0.682. The minimum absolute atomic E-state index is 0.0239. The highest BCUT2D eigenvalue weighted by atomic mass is 16.5. The number of nitrogens with one attached hydrogen (secondary N) is 1. The van der Waals surface area contributed by atoms with Crippen molar-refractivity contribution in [3.63, 3.8) is 0 Å². The van der Waals surface area contributed by atoms with Gasteiger partial charge in [-0.3, -0.25) is 4.79 Å². The standard InChI is InChI=1S/C22H31NO3/c24-20(15-25-14-17-10-6-7-13-26-17)23-22-19-12-5-4-11-18(19)21(22)16-8-2-1-3-9-16/h1-3,8-9,17-19,21-22H,4-7,10-15H2,(H,23,24)/t17-,18+,19-,21-,22-/m0/s1. The second-order valence-corrected chi connectivity index (χ2v) is 8.15. The molecule has 0 aromatic heterocycles. The molecule has 1 amide bonds. The first-order valence-electron chi connectivity index (χ1n) is 10.4. The summed E-state index contributed by atoms with van der Waals surface area (Å²) in [7, 11) is 0. The predicted molar refractivity (Wildman–Crippen MR) is 101 cm³/mol. The molecule has 1 heterocycles. The Labute approximate surface area is 156 Å². The van der Waals surface area contributed by atoms with E-state index in [1.165, 1.54) is 37.7 Å². The normalized spacial score (nSPS) is 33.8. The Kier molecular flexibility index (Phi) is 5.91. The van der Waals surface area contributed by atoms with E-state index in [1.54, 1.807) is 0 Å². The molecule has 3 aliphatic rings. The molecule has 1 aromatic carbocycles. The number of amides is 1. The Hall–Kier alpha value is -1.39. The van der Waals surface area contributed by atoms with Crippen molar-refractivity contribution in [1.82, 2.24) is 5.32 Å². The molecule has 1 aliphatic heterocycles. The lowest BCUT2D eigenvalue weighted by Crippen LogP contribution is -2.59. The number of hydrogen-bond acceptors (Lipinski definition) is 3. The highest BCUT2D eigenvalue weighted by molar-refractivity contribution is 5.78. The van der Waals surface area contributed by atoms with Gasteiger partial charge in [0.05, 0.1) is 12.7 Å². The molecule has 3 fully saturated rings. The summed E-state index contributed by atoms with van der Waals surface area (Å²) >= 11 is 0. The van der Waals surface area contributed by atoms with Crippen LogP contribution in [0.4, 0.5) is 0 Å². The maximum atomic E-state index is 12.5. The van der Waals surface area contributed by atoms with Gasteiger partial charge in [-0.25, -0.2) is 0 Å². The fourth-order valence-corrected chi connectivity index (χ4v) is 5.24. The third-order valence-corrected chi connectivity index (χ3v) is 6.51. The second kappa shape index (κ2) is 8.53. The average molecular weight is 357 g/mol. The van der Waals surface area contributed by atoms with Crippen LogP contribution in [0.5, 0.6) is 0 Å². The van der Waals surface area contributed by atoms with E-state index in [1.807, 2.05) is 0 Å². The summed E-state index contributed by atoms with van der Waals surface area (Å²) in [6, 6.07) is 11.0. The van der Waals surface area contributed by atoms with Crippen molar-refractivity contribution < 1.29 is 14.3 Å². The topological polar surface area (TPSA) is 47.6 Å². The maximum Gasteiger partial charge on any atom is 0.246 e. The fourth-order valence-electron chi connectivity index (χ4n) is 5.24. The smallest absolute Gasteiger partial charge is 0.246 e. The monoisotopic (exact) mass is 357 g/mol. The van der Waals surface area contributed by atoms with Gasteiger partial charge in [-0.1, -0.05) is 43.2 Å². The molecule has 1 aromatic rings. The molecular formula is C22H31NO3. The zero-order valence-electron chi connectivity index (χ0n) is 15.6. The van der Waals surface area contributed by atoms with Gasteiger partial charge in [-0.05, 0) is 49.5 Å². The minimum Gasteiger partial charge on any atom is -0.376 e. The zero-order valence-corrected chi connectivity index (χ0v) is 15.6. The highest BCUT2D eigenvalue weighted by Gasteiger charge is 2.51. The van der Waals surface area contributed by atoms with Crippen LogP contribution in [0.15, 0.2) is 30.3 Å². The van der Waals surface area contributed by atoms with Crippen LogP contribution in [-0.4, -0.2) is 37.9 Å². The van der Waals surface area contributed by atoms with Crippen molar-refractivity contribution in [2.45, 2.75) is 63.0 Å². The molecular weight excluding hydrogens is 326 g/mol. The van der Waals surface area contributed by atoms with Crippen LogP contribution < -0.4 is 5.32 Å². The van der Waals surface area contributed by atoms with E-state index in [2.05, 4.69) is 35.6 Å². The van der Waals surface area contributed by atoms with Crippen molar-refractivity contribution in [3.8, 4) is 0 Å². The molecule has 0 spiro atoms. The van der Waals surface area contributed by atoms with Gasteiger partial charge in [0.2, 0.25) is 5.91 Å². The number of ether oxygens (including phenoxy) is 2. The van der Waals surface area contributed by atoms with Crippen LogP contribution >= 0.6 is 0 Å². The van der Waals surface area contributed by atoms with Crippen LogP contribution in [-0.2, 0) is 14.3 Å². The summed E-state index contributed by atoms with van der Waals surface area (Å²) in [6.45, 7) is 1.51. The predicted octanol–water partition coefficient (Wildman–Crippen LogP) is 3.66. The van der Waals surface area contributed by atoms with Crippen LogP contribution in [0.3, 0.4) is 0 Å². The molecule has 2 aliphatic carbocycles. The Morgan fingerprint density at radius 2 is 1.81 bits per heavy atom. The molecule has 1 saturated heterocycles. The second-order valence-electron chi connectivity index (χ2n) is 8.15. The lowest BCUT2D eigenvalue weighted by molar-refractivity contribution is -0.131. The maximum absolute atomic E-state index is 12.5. The van der Waals surface area contributed by atoms with E-state index in [9.17, 15) is 4.79 Å². The van der Waals surface area contributed by atoms with Gasteiger partial charge >= 0.3 is 0 Å². The van der Waals surface area contributed by atoms with Crippen LogP contribution in [0, 0.1) is 11.8 Å². The Balaban J connectivity index is 1.30.